The Bertz CT molecular complexity index is 380. The summed E-state index contributed by atoms with van der Waals surface area (Å²) >= 11 is 0. The fourth-order valence-electron chi connectivity index (χ4n) is 2.66. The van der Waals surface area contributed by atoms with Crippen molar-refractivity contribution in [2.45, 2.75) is 46.2 Å². The van der Waals surface area contributed by atoms with Gasteiger partial charge in [-0.15, -0.1) is 0 Å². The van der Waals surface area contributed by atoms with Crippen LogP contribution in [0.1, 0.15) is 30.3 Å². The molecule has 0 aliphatic carbocycles. The molecule has 1 aromatic heterocycles. The molecule has 0 spiro atoms. The SMILES string of the molecule is CCc1c(C)nn(CC(N)C2CCOC2)c1C. The molecule has 1 aromatic rings. The number of hydrogen-bond acceptors (Lipinski definition) is 3. The van der Waals surface area contributed by atoms with Crippen LogP contribution in [0.15, 0.2) is 0 Å². The van der Waals surface area contributed by atoms with Crippen molar-refractivity contribution in [1.29, 1.82) is 0 Å². The number of aryl methyl sites for hydroxylation is 1. The van der Waals surface area contributed by atoms with Crippen LogP contribution in [-0.2, 0) is 17.7 Å². The van der Waals surface area contributed by atoms with E-state index in [0.29, 0.717) is 5.92 Å². The molecule has 17 heavy (non-hydrogen) atoms. The molecule has 2 heterocycles. The Balaban J connectivity index is 2.07. The maximum Gasteiger partial charge on any atom is 0.0628 e. The monoisotopic (exact) mass is 237 g/mol. The Morgan fingerprint density at radius 2 is 2.29 bits per heavy atom. The highest BCUT2D eigenvalue weighted by Crippen LogP contribution is 2.19. The summed E-state index contributed by atoms with van der Waals surface area (Å²) in [5.74, 6) is 0.490. The van der Waals surface area contributed by atoms with Gasteiger partial charge in [0.2, 0.25) is 0 Å². The zero-order valence-electron chi connectivity index (χ0n) is 11.1. The molecule has 1 aliphatic rings. The van der Waals surface area contributed by atoms with Gasteiger partial charge in [-0.3, -0.25) is 4.68 Å². The molecule has 0 saturated carbocycles. The van der Waals surface area contributed by atoms with Crippen molar-refractivity contribution in [1.82, 2.24) is 9.78 Å². The van der Waals surface area contributed by atoms with Gasteiger partial charge in [0.1, 0.15) is 0 Å². The zero-order chi connectivity index (χ0) is 12.4. The largest absolute Gasteiger partial charge is 0.381 e. The first-order valence-corrected chi connectivity index (χ1v) is 6.49. The van der Waals surface area contributed by atoms with Gasteiger partial charge in [0.05, 0.1) is 18.8 Å². The lowest BCUT2D eigenvalue weighted by atomic mass is 10.00. The highest BCUT2D eigenvalue weighted by Gasteiger charge is 2.24. The number of nitrogens with zero attached hydrogens (tertiary/aromatic N) is 2. The molecule has 1 aliphatic heterocycles. The maximum absolute atomic E-state index is 6.24. The van der Waals surface area contributed by atoms with E-state index in [1.807, 2.05) is 0 Å². The van der Waals surface area contributed by atoms with Crippen LogP contribution in [0.2, 0.25) is 0 Å². The second-order valence-electron chi connectivity index (χ2n) is 4.97. The standard InChI is InChI=1S/C13H23N3O/c1-4-12-9(2)15-16(10(12)3)7-13(14)11-5-6-17-8-11/h11,13H,4-8,14H2,1-3H3. The number of hydrogen-bond donors (Lipinski definition) is 1. The van der Waals surface area contributed by atoms with Crippen LogP contribution in [0.25, 0.3) is 0 Å². The van der Waals surface area contributed by atoms with E-state index in [4.69, 9.17) is 10.5 Å². The molecule has 2 N–H and O–H groups in total. The van der Waals surface area contributed by atoms with E-state index < -0.39 is 0 Å². The van der Waals surface area contributed by atoms with E-state index in [1.54, 1.807) is 0 Å². The van der Waals surface area contributed by atoms with Crippen LogP contribution in [0.5, 0.6) is 0 Å². The third-order valence-electron chi connectivity index (χ3n) is 3.84. The third kappa shape index (κ3) is 2.53. The molecule has 0 amide bonds. The van der Waals surface area contributed by atoms with Crippen LogP contribution < -0.4 is 5.73 Å². The maximum atomic E-state index is 6.24. The van der Waals surface area contributed by atoms with Crippen molar-refractivity contribution in [2.75, 3.05) is 13.2 Å². The molecule has 96 valence electrons. The molecule has 0 radical (unpaired) electrons. The lowest BCUT2D eigenvalue weighted by Gasteiger charge is -2.18. The number of aromatic nitrogens is 2. The van der Waals surface area contributed by atoms with Crippen molar-refractivity contribution in [2.24, 2.45) is 11.7 Å². The fraction of sp³-hybridized carbons (Fsp3) is 0.769. The molecule has 0 bridgehead atoms. The lowest BCUT2D eigenvalue weighted by molar-refractivity contribution is 0.178. The summed E-state index contributed by atoms with van der Waals surface area (Å²) in [6.45, 7) is 8.85. The second kappa shape index (κ2) is 5.19. The minimum absolute atomic E-state index is 0.153. The first kappa shape index (κ1) is 12.6. The highest BCUT2D eigenvalue weighted by atomic mass is 16.5. The quantitative estimate of drug-likeness (QED) is 0.862. The predicted molar refractivity (Wildman–Crippen MR) is 68.0 cm³/mol. The van der Waals surface area contributed by atoms with Gasteiger partial charge in [-0.25, -0.2) is 0 Å². The van der Waals surface area contributed by atoms with Crippen molar-refractivity contribution < 1.29 is 4.74 Å². The van der Waals surface area contributed by atoms with Crippen LogP contribution in [0.3, 0.4) is 0 Å². The van der Waals surface area contributed by atoms with E-state index in [-0.39, 0.29) is 6.04 Å². The molecule has 0 aromatic carbocycles. The summed E-state index contributed by atoms with van der Waals surface area (Å²) < 4.78 is 7.45. The first-order chi connectivity index (χ1) is 8.13. The van der Waals surface area contributed by atoms with Crippen molar-refractivity contribution in [3.05, 3.63) is 17.0 Å². The smallest absolute Gasteiger partial charge is 0.0628 e. The summed E-state index contributed by atoms with van der Waals surface area (Å²) in [4.78, 5) is 0. The first-order valence-electron chi connectivity index (χ1n) is 6.49. The summed E-state index contributed by atoms with van der Waals surface area (Å²) in [7, 11) is 0. The van der Waals surface area contributed by atoms with Crippen LogP contribution >= 0.6 is 0 Å². The van der Waals surface area contributed by atoms with Gasteiger partial charge >= 0.3 is 0 Å². The molecule has 4 heteroatoms. The normalized spacial score (nSPS) is 22.0. The Morgan fingerprint density at radius 1 is 1.53 bits per heavy atom. The van der Waals surface area contributed by atoms with Crippen molar-refractivity contribution >= 4 is 0 Å². The van der Waals surface area contributed by atoms with Gasteiger partial charge in [-0.05, 0) is 32.3 Å². The van der Waals surface area contributed by atoms with Crippen LogP contribution in [-0.4, -0.2) is 29.0 Å². The molecule has 1 fully saturated rings. The lowest BCUT2D eigenvalue weighted by Crippen LogP contribution is -2.35. The van der Waals surface area contributed by atoms with Crippen LogP contribution in [0.4, 0.5) is 0 Å². The Hall–Kier alpha value is -0.870. The van der Waals surface area contributed by atoms with Gasteiger partial charge in [-0.1, -0.05) is 6.92 Å². The Labute approximate surface area is 103 Å². The Kier molecular flexibility index (Phi) is 3.84. The fourth-order valence-corrected chi connectivity index (χ4v) is 2.66. The van der Waals surface area contributed by atoms with Gasteiger partial charge in [-0.2, -0.15) is 5.10 Å². The summed E-state index contributed by atoms with van der Waals surface area (Å²) in [5, 5.41) is 4.59. The molecular weight excluding hydrogens is 214 g/mol. The number of nitrogens with two attached hydrogens (primary N) is 1. The zero-order valence-corrected chi connectivity index (χ0v) is 11.1. The molecule has 2 unspecified atom stereocenters. The molecular formula is C13H23N3O. The van der Waals surface area contributed by atoms with Crippen molar-refractivity contribution in [3.8, 4) is 0 Å². The molecule has 4 nitrogen and oxygen atoms in total. The summed E-state index contributed by atoms with van der Waals surface area (Å²) in [6, 6.07) is 0.153. The van der Waals surface area contributed by atoms with Crippen LogP contribution in [0, 0.1) is 19.8 Å². The topological polar surface area (TPSA) is 53.1 Å². The average molecular weight is 237 g/mol. The van der Waals surface area contributed by atoms with E-state index in [9.17, 15) is 0 Å². The van der Waals surface area contributed by atoms with Crippen molar-refractivity contribution in [3.63, 3.8) is 0 Å². The van der Waals surface area contributed by atoms with E-state index in [0.717, 1.165) is 38.3 Å². The van der Waals surface area contributed by atoms with Gasteiger partial charge in [0.25, 0.3) is 0 Å². The van der Waals surface area contributed by atoms with Gasteiger partial charge < -0.3 is 10.5 Å². The van der Waals surface area contributed by atoms with Gasteiger partial charge in [0, 0.05) is 24.3 Å². The minimum atomic E-state index is 0.153. The average Bonchev–Trinajstić information content (AvgIpc) is 2.89. The second-order valence-corrected chi connectivity index (χ2v) is 4.97. The predicted octanol–water partition coefficient (Wildman–Crippen LogP) is 1.43. The summed E-state index contributed by atoms with van der Waals surface area (Å²) in [6.07, 6.45) is 2.13. The van der Waals surface area contributed by atoms with E-state index in [1.165, 1.54) is 11.3 Å². The minimum Gasteiger partial charge on any atom is -0.381 e. The molecule has 1 saturated heterocycles. The Morgan fingerprint density at radius 3 is 2.82 bits per heavy atom. The number of rotatable bonds is 4. The van der Waals surface area contributed by atoms with Gasteiger partial charge in [0.15, 0.2) is 0 Å². The summed E-state index contributed by atoms with van der Waals surface area (Å²) in [5.41, 5.74) is 10.0. The number of ether oxygens (including phenoxy) is 1. The molecule has 2 atom stereocenters. The molecule has 2 rings (SSSR count). The van der Waals surface area contributed by atoms with E-state index >= 15 is 0 Å². The third-order valence-corrected chi connectivity index (χ3v) is 3.84. The highest BCUT2D eigenvalue weighted by molar-refractivity contribution is 5.24. The van der Waals surface area contributed by atoms with E-state index in [2.05, 4.69) is 30.6 Å².